The molecule has 154 valence electrons. The van der Waals surface area contributed by atoms with E-state index in [0.29, 0.717) is 23.2 Å². The predicted octanol–water partition coefficient (Wildman–Crippen LogP) is 3.90. The number of hydrogen-bond donors (Lipinski definition) is 0. The number of carbonyl (C=O) groups is 1. The number of rotatable bonds is 8. The minimum absolute atomic E-state index is 0.0610. The van der Waals surface area contributed by atoms with Crippen molar-refractivity contribution in [1.82, 2.24) is 9.88 Å². The standard InChI is InChI=1S/C22H27N3O3S/c1-15-11-16(2)21-19(12-15)29-22(23-21)25(10-9-24(3)4)20(26)14-28-18-8-6-7-17(13-18)27-5/h6-8,11-13H,9-10,14H2,1-5H3. The molecule has 6 nitrogen and oxygen atoms in total. The fourth-order valence-electron chi connectivity index (χ4n) is 3.02. The number of hydrogen-bond acceptors (Lipinski definition) is 6. The van der Waals surface area contributed by atoms with E-state index in [0.717, 1.165) is 22.3 Å². The van der Waals surface area contributed by atoms with Gasteiger partial charge in [-0.05, 0) is 57.3 Å². The van der Waals surface area contributed by atoms with Crippen LogP contribution in [0.15, 0.2) is 36.4 Å². The average Bonchev–Trinajstić information content (AvgIpc) is 3.10. The molecule has 1 aromatic heterocycles. The summed E-state index contributed by atoms with van der Waals surface area (Å²) < 4.78 is 12.0. The maximum Gasteiger partial charge on any atom is 0.266 e. The first-order valence-corrected chi connectivity index (χ1v) is 10.3. The van der Waals surface area contributed by atoms with Crippen LogP contribution in [0, 0.1) is 13.8 Å². The van der Waals surface area contributed by atoms with Gasteiger partial charge in [0.25, 0.3) is 5.91 Å². The van der Waals surface area contributed by atoms with Crippen LogP contribution < -0.4 is 14.4 Å². The Labute approximate surface area is 175 Å². The summed E-state index contributed by atoms with van der Waals surface area (Å²) >= 11 is 1.54. The zero-order chi connectivity index (χ0) is 21.0. The van der Waals surface area contributed by atoms with Gasteiger partial charge in [0, 0.05) is 19.2 Å². The lowest BCUT2D eigenvalue weighted by atomic mass is 10.1. The van der Waals surface area contributed by atoms with Crippen molar-refractivity contribution in [2.75, 3.05) is 45.8 Å². The van der Waals surface area contributed by atoms with Crippen LogP contribution in [-0.2, 0) is 4.79 Å². The summed E-state index contributed by atoms with van der Waals surface area (Å²) in [5, 5.41) is 0.704. The third kappa shape index (κ3) is 5.25. The van der Waals surface area contributed by atoms with Crippen molar-refractivity contribution in [2.45, 2.75) is 13.8 Å². The van der Waals surface area contributed by atoms with E-state index in [1.807, 2.05) is 37.2 Å². The van der Waals surface area contributed by atoms with E-state index in [4.69, 9.17) is 14.5 Å². The molecule has 0 spiro atoms. The van der Waals surface area contributed by atoms with Crippen LogP contribution in [-0.4, -0.2) is 56.7 Å². The summed E-state index contributed by atoms with van der Waals surface area (Å²) in [5.41, 5.74) is 3.26. The molecule has 0 saturated heterocycles. The van der Waals surface area contributed by atoms with E-state index in [9.17, 15) is 4.79 Å². The molecule has 2 aromatic carbocycles. The normalized spacial score (nSPS) is 11.1. The van der Waals surface area contributed by atoms with Crippen molar-refractivity contribution < 1.29 is 14.3 Å². The van der Waals surface area contributed by atoms with E-state index in [2.05, 4.69) is 26.0 Å². The minimum Gasteiger partial charge on any atom is -0.497 e. The van der Waals surface area contributed by atoms with E-state index in [1.54, 1.807) is 29.4 Å². The summed E-state index contributed by atoms with van der Waals surface area (Å²) in [7, 11) is 5.58. The number of aromatic nitrogens is 1. The second-order valence-corrected chi connectivity index (χ2v) is 8.25. The predicted molar refractivity (Wildman–Crippen MR) is 118 cm³/mol. The number of anilines is 1. The minimum atomic E-state index is -0.122. The Morgan fingerprint density at radius 3 is 2.59 bits per heavy atom. The van der Waals surface area contributed by atoms with Gasteiger partial charge in [0.15, 0.2) is 11.7 Å². The maximum atomic E-state index is 13.0. The van der Waals surface area contributed by atoms with Crippen molar-refractivity contribution in [3.05, 3.63) is 47.5 Å². The van der Waals surface area contributed by atoms with Crippen molar-refractivity contribution >= 4 is 32.6 Å². The number of aryl methyl sites for hydroxylation is 2. The highest BCUT2D eigenvalue weighted by Crippen LogP contribution is 2.32. The van der Waals surface area contributed by atoms with Gasteiger partial charge in [-0.1, -0.05) is 23.5 Å². The van der Waals surface area contributed by atoms with Gasteiger partial charge < -0.3 is 14.4 Å². The van der Waals surface area contributed by atoms with Crippen molar-refractivity contribution in [3.63, 3.8) is 0 Å². The molecule has 0 saturated carbocycles. The molecule has 0 N–H and O–H groups in total. The average molecular weight is 414 g/mol. The molecule has 3 aromatic rings. The van der Waals surface area contributed by atoms with Crippen LogP contribution in [0.3, 0.4) is 0 Å². The van der Waals surface area contributed by atoms with Gasteiger partial charge in [-0.3, -0.25) is 9.69 Å². The SMILES string of the molecule is COc1cccc(OCC(=O)N(CCN(C)C)c2nc3c(C)cc(C)cc3s2)c1. The molecule has 3 rings (SSSR count). The topological polar surface area (TPSA) is 54.9 Å². The van der Waals surface area contributed by atoms with Crippen LogP contribution in [0.2, 0.25) is 0 Å². The van der Waals surface area contributed by atoms with Crippen molar-refractivity contribution in [2.24, 2.45) is 0 Å². The molecular weight excluding hydrogens is 386 g/mol. The van der Waals surface area contributed by atoms with Gasteiger partial charge in [-0.2, -0.15) is 0 Å². The molecule has 0 radical (unpaired) electrons. The Balaban J connectivity index is 1.82. The monoisotopic (exact) mass is 413 g/mol. The first-order chi connectivity index (χ1) is 13.9. The number of amides is 1. The first-order valence-electron chi connectivity index (χ1n) is 9.47. The second kappa shape index (κ2) is 9.24. The molecule has 1 heterocycles. The highest BCUT2D eigenvalue weighted by Gasteiger charge is 2.21. The number of thiazole rings is 1. The van der Waals surface area contributed by atoms with Gasteiger partial charge in [0.05, 0.1) is 17.3 Å². The van der Waals surface area contributed by atoms with E-state index >= 15 is 0 Å². The molecular formula is C22H27N3O3S. The van der Waals surface area contributed by atoms with Crippen molar-refractivity contribution in [3.8, 4) is 11.5 Å². The zero-order valence-electron chi connectivity index (χ0n) is 17.6. The number of likely N-dealkylation sites (N-methyl/N-ethyl adjacent to an activating group) is 1. The molecule has 0 unspecified atom stereocenters. The molecule has 1 amide bonds. The van der Waals surface area contributed by atoms with Gasteiger partial charge in [-0.25, -0.2) is 4.98 Å². The molecule has 29 heavy (non-hydrogen) atoms. The number of ether oxygens (including phenoxy) is 2. The first kappa shape index (κ1) is 21.1. The zero-order valence-corrected chi connectivity index (χ0v) is 18.4. The second-order valence-electron chi connectivity index (χ2n) is 7.24. The number of benzene rings is 2. The Morgan fingerprint density at radius 2 is 1.86 bits per heavy atom. The number of methoxy groups -OCH3 is 1. The fraction of sp³-hybridized carbons (Fsp3) is 0.364. The molecule has 0 aliphatic carbocycles. The summed E-state index contributed by atoms with van der Waals surface area (Å²) in [4.78, 5) is 21.6. The molecule has 7 heteroatoms. The highest BCUT2D eigenvalue weighted by molar-refractivity contribution is 7.22. The van der Waals surface area contributed by atoms with Gasteiger partial charge in [0.2, 0.25) is 0 Å². The Hall–Kier alpha value is -2.64. The Bertz CT molecular complexity index is 1000. The van der Waals surface area contributed by atoms with Gasteiger partial charge in [-0.15, -0.1) is 0 Å². The number of fused-ring (bicyclic) bond motifs is 1. The molecule has 0 fully saturated rings. The summed E-state index contributed by atoms with van der Waals surface area (Å²) in [6, 6.07) is 11.5. The van der Waals surface area contributed by atoms with Gasteiger partial charge in [0.1, 0.15) is 11.5 Å². The van der Waals surface area contributed by atoms with Crippen LogP contribution in [0.25, 0.3) is 10.2 Å². The summed E-state index contributed by atoms with van der Waals surface area (Å²) in [6.45, 7) is 5.35. The van der Waals surface area contributed by atoms with Crippen molar-refractivity contribution in [1.29, 1.82) is 0 Å². The fourth-order valence-corrected chi connectivity index (χ4v) is 4.20. The largest absolute Gasteiger partial charge is 0.497 e. The Morgan fingerprint density at radius 1 is 1.10 bits per heavy atom. The number of nitrogens with zero attached hydrogens (tertiary/aromatic N) is 3. The Kier molecular flexibility index (Phi) is 6.71. The summed E-state index contributed by atoms with van der Waals surface area (Å²) in [6.07, 6.45) is 0. The van der Waals surface area contributed by atoms with Gasteiger partial charge >= 0.3 is 0 Å². The van der Waals surface area contributed by atoms with Crippen LogP contribution >= 0.6 is 11.3 Å². The quantitative estimate of drug-likeness (QED) is 0.561. The smallest absolute Gasteiger partial charge is 0.266 e. The number of carbonyl (C=O) groups excluding carboxylic acids is 1. The third-order valence-electron chi connectivity index (χ3n) is 4.52. The molecule has 0 bridgehead atoms. The van der Waals surface area contributed by atoms with E-state index in [1.165, 1.54) is 5.56 Å². The van der Waals surface area contributed by atoms with E-state index < -0.39 is 0 Å². The third-order valence-corrected chi connectivity index (χ3v) is 5.55. The van der Waals surface area contributed by atoms with Crippen LogP contribution in [0.1, 0.15) is 11.1 Å². The highest BCUT2D eigenvalue weighted by atomic mass is 32.1. The molecule has 0 aliphatic rings. The molecule has 0 aliphatic heterocycles. The van der Waals surface area contributed by atoms with Crippen LogP contribution in [0.5, 0.6) is 11.5 Å². The maximum absolute atomic E-state index is 13.0. The lowest BCUT2D eigenvalue weighted by Crippen LogP contribution is -2.39. The van der Waals surface area contributed by atoms with E-state index in [-0.39, 0.29) is 12.5 Å². The lowest BCUT2D eigenvalue weighted by Gasteiger charge is -2.22. The summed E-state index contributed by atoms with van der Waals surface area (Å²) in [5.74, 6) is 1.17. The van der Waals surface area contributed by atoms with Crippen LogP contribution in [0.4, 0.5) is 5.13 Å². The lowest BCUT2D eigenvalue weighted by molar-refractivity contribution is -0.120. The molecule has 0 atom stereocenters.